The molecule has 0 aliphatic heterocycles. The number of benzene rings is 1. The van der Waals surface area contributed by atoms with E-state index in [-0.39, 0.29) is 11.6 Å². The molecule has 0 heterocycles. The van der Waals surface area contributed by atoms with Crippen molar-refractivity contribution in [2.45, 2.75) is 51.5 Å². The topological polar surface area (TPSA) is 76.4 Å². The highest BCUT2D eigenvalue weighted by molar-refractivity contribution is 5.92. The lowest BCUT2D eigenvalue weighted by atomic mass is 10.1. The van der Waals surface area contributed by atoms with Crippen molar-refractivity contribution in [3.8, 4) is 5.75 Å². The van der Waals surface area contributed by atoms with Crippen LogP contribution in [0.1, 0.15) is 51.5 Å². The summed E-state index contributed by atoms with van der Waals surface area (Å²) in [5.74, 6) is 1.25. The third kappa shape index (κ3) is 4.91. The predicted molar refractivity (Wildman–Crippen MR) is 89.5 cm³/mol. The maximum absolute atomic E-state index is 12.2. The highest BCUT2D eigenvalue weighted by Crippen LogP contribution is 2.46. The summed E-state index contributed by atoms with van der Waals surface area (Å²) < 4.78 is 5.80. The quantitative estimate of drug-likeness (QED) is 0.706. The van der Waals surface area contributed by atoms with Crippen LogP contribution in [0.25, 0.3) is 0 Å². The first-order chi connectivity index (χ1) is 10.4. The van der Waals surface area contributed by atoms with Crippen molar-refractivity contribution in [2.24, 2.45) is 5.73 Å². The van der Waals surface area contributed by atoms with E-state index in [1.165, 1.54) is 12.8 Å². The van der Waals surface area contributed by atoms with E-state index in [9.17, 15) is 4.79 Å². The van der Waals surface area contributed by atoms with Crippen LogP contribution < -0.4 is 21.1 Å². The predicted octanol–water partition coefficient (Wildman–Crippen LogP) is 3.21. The summed E-state index contributed by atoms with van der Waals surface area (Å²) in [5, 5.41) is 5.90. The molecule has 1 aliphatic carbocycles. The number of anilines is 1. The first-order valence-electron chi connectivity index (χ1n) is 7.95. The number of carbonyl (C=O) groups excluding carboxylic acids is 1. The second-order valence-electron chi connectivity index (χ2n) is 6.81. The Balaban J connectivity index is 2.16. The van der Waals surface area contributed by atoms with Crippen LogP contribution in [0.4, 0.5) is 10.5 Å². The first kappa shape index (κ1) is 16.6. The number of hydrogen-bond acceptors (Lipinski definition) is 3. The average molecular weight is 305 g/mol. The van der Waals surface area contributed by atoms with Crippen LogP contribution in [0.2, 0.25) is 0 Å². The Morgan fingerprint density at radius 3 is 2.68 bits per heavy atom. The number of urea groups is 1. The summed E-state index contributed by atoms with van der Waals surface area (Å²) in [4.78, 5) is 12.2. The number of rotatable bonds is 6. The van der Waals surface area contributed by atoms with Crippen LogP contribution in [0.5, 0.6) is 5.75 Å². The van der Waals surface area contributed by atoms with Crippen molar-refractivity contribution in [1.82, 2.24) is 5.32 Å². The van der Waals surface area contributed by atoms with Gasteiger partial charge in [-0.3, -0.25) is 0 Å². The molecule has 0 saturated heterocycles. The third-order valence-corrected chi connectivity index (χ3v) is 3.41. The molecule has 0 unspecified atom stereocenters. The Kier molecular flexibility index (Phi) is 5.29. The lowest BCUT2D eigenvalue weighted by molar-refractivity contribution is 0.243. The second-order valence-corrected chi connectivity index (χ2v) is 6.81. The van der Waals surface area contributed by atoms with Gasteiger partial charge in [0.25, 0.3) is 0 Å². The van der Waals surface area contributed by atoms with Gasteiger partial charge in [-0.2, -0.15) is 0 Å². The van der Waals surface area contributed by atoms with Gasteiger partial charge in [-0.1, -0.05) is 12.1 Å². The molecule has 1 aliphatic rings. The SMILES string of the molecule is CC(C)(C)NC(=O)Nc1c(OCCCN)cccc1C1CC1. The van der Waals surface area contributed by atoms with Gasteiger partial charge in [-0.25, -0.2) is 4.79 Å². The monoisotopic (exact) mass is 305 g/mol. The van der Waals surface area contributed by atoms with Gasteiger partial charge in [0.05, 0.1) is 12.3 Å². The zero-order chi connectivity index (χ0) is 16.2. The van der Waals surface area contributed by atoms with Gasteiger partial charge < -0.3 is 21.1 Å². The minimum absolute atomic E-state index is 0.204. The number of para-hydroxylation sites is 1. The molecule has 5 nitrogen and oxygen atoms in total. The normalized spacial score (nSPS) is 14.5. The zero-order valence-electron chi connectivity index (χ0n) is 13.7. The molecule has 2 rings (SSSR count). The number of nitrogens with two attached hydrogens (primary N) is 1. The fraction of sp³-hybridized carbons (Fsp3) is 0.588. The molecule has 1 saturated carbocycles. The maximum Gasteiger partial charge on any atom is 0.319 e. The molecule has 0 aromatic heterocycles. The van der Waals surface area contributed by atoms with Crippen molar-refractivity contribution < 1.29 is 9.53 Å². The number of hydrogen-bond donors (Lipinski definition) is 3. The number of nitrogens with one attached hydrogen (secondary N) is 2. The van der Waals surface area contributed by atoms with Crippen molar-refractivity contribution in [3.63, 3.8) is 0 Å². The molecule has 4 N–H and O–H groups in total. The smallest absolute Gasteiger partial charge is 0.319 e. The van der Waals surface area contributed by atoms with Crippen LogP contribution in [0.3, 0.4) is 0 Å². The van der Waals surface area contributed by atoms with Gasteiger partial charge in [-0.05, 0) is 64.1 Å². The Morgan fingerprint density at radius 1 is 1.36 bits per heavy atom. The van der Waals surface area contributed by atoms with Gasteiger partial charge in [-0.15, -0.1) is 0 Å². The molecular weight excluding hydrogens is 278 g/mol. The molecule has 0 bridgehead atoms. The molecule has 5 heteroatoms. The molecule has 22 heavy (non-hydrogen) atoms. The van der Waals surface area contributed by atoms with Crippen LogP contribution >= 0.6 is 0 Å². The Bertz CT molecular complexity index is 519. The summed E-state index contributed by atoms with van der Waals surface area (Å²) in [5.41, 5.74) is 7.19. The van der Waals surface area contributed by atoms with Gasteiger partial charge >= 0.3 is 6.03 Å². The maximum atomic E-state index is 12.2. The van der Waals surface area contributed by atoms with Crippen LogP contribution in [-0.4, -0.2) is 24.7 Å². The van der Waals surface area contributed by atoms with E-state index in [2.05, 4.69) is 16.7 Å². The van der Waals surface area contributed by atoms with Crippen LogP contribution in [0.15, 0.2) is 18.2 Å². The fourth-order valence-electron chi connectivity index (χ4n) is 2.29. The molecule has 1 aromatic carbocycles. The van der Waals surface area contributed by atoms with E-state index in [0.29, 0.717) is 19.1 Å². The molecule has 0 atom stereocenters. The molecule has 0 radical (unpaired) electrons. The van der Waals surface area contributed by atoms with E-state index in [4.69, 9.17) is 10.5 Å². The Morgan fingerprint density at radius 2 is 2.09 bits per heavy atom. The summed E-state index contributed by atoms with van der Waals surface area (Å²) >= 11 is 0. The lowest BCUT2D eigenvalue weighted by Crippen LogP contribution is -2.43. The largest absolute Gasteiger partial charge is 0.491 e. The summed E-state index contributed by atoms with van der Waals surface area (Å²) in [6.07, 6.45) is 3.13. The van der Waals surface area contributed by atoms with Crippen molar-refractivity contribution in [2.75, 3.05) is 18.5 Å². The number of carbonyl (C=O) groups is 1. The summed E-state index contributed by atoms with van der Waals surface area (Å²) in [6, 6.07) is 5.75. The van der Waals surface area contributed by atoms with Crippen LogP contribution in [-0.2, 0) is 0 Å². The van der Waals surface area contributed by atoms with Gasteiger partial charge in [0, 0.05) is 5.54 Å². The number of ether oxygens (including phenoxy) is 1. The minimum atomic E-state index is -0.279. The van der Waals surface area contributed by atoms with Crippen LogP contribution in [0, 0.1) is 0 Å². The standard InChI is InChI=1S/C17H27N3O2/c1-17(2,3)20-16(21)19-15-13(12-8-9-12)6-4-7-14(15)22-11-5-10-18/h4,6-7,12H,5,8-11,18H2,1-3H3,(H2,19,20,21). The van der Waals surface area contributed by atoms with Crippen molar-refractivity contribution in [3.05, 3.63) is 23.8 Å². The molecule has 122 valence electrons. The highest BCUT2D eigenvalue weighted by atomic mass is 16.5. The molecular formula is C17H27N3O2. The molecule has 1 fully saturated rings. The van der Waals surface area contributed by atoms with Crippen molar-refractivity contribution >= 4 is 11.7 Å². The van der Waals surface area contributed by atoms with Crippen molar-refractivity contribution in [1.29, 1.82) is 0 Å². The summed E-state index contributed by atoms with van der Waals surface area (Å²) in [7, 11) is 0. The molecule has 2 amide bonds. The minimum Gasteiger partial charge on any atom is -0.491 e. The molecule has 0 spiro atoms. The molecule has 1 aromatic rings. The van der Waals surface area contributed by atoms with Gasteiger partial charge in [0.15, 0.2) is 0 Å². The fourth-order valence-corrected chi connectivity index (χ4v) is 2.29. The third-order valence-electron chi connectivity index (χ3n) is 3.41. The van der Waals surface area contributed by atoms with Gasteiger partial charge in [0.2, 0.25) is 0 Å². The first-order valence-corrected chi connectivity index (χ1v) is 7.95. The second kappa shape index (κ2) is 7.01. The van der Waals surface area contributed by atoms with E-state index in [0.717, 1.165) is 23.4 Å². The van der Waals surface area contributed by atoms with E-state index >= 15 is 0 Å². The van der Waals surface area contributed by atoms with E-state index < -0.39 is 0 Å². The lowest BCUT2D eigenvalue weighted by Gasteiger charge is -2.22. The zero-order valence-corrected chi connectivity index (χ0v) is 13.7. The van der Waals surface area contributed by atoms with Gasteiger partial charge in [0.1, 0.15) is 5.75 Å². The number of amides is 2. The van der Waals surface area contributed by atoms with E-state index in [1.807, 2.05) is 32.9 Å². The summed E-state index contributed by atoms with van der Waals surface area (Å²) in [6.45, 7) is 7.02. The highest BCUT2D eigenvalue weighted by Gasteiger charge is 2.28. The Labute approximate surface area is 132 Å². The average Bonchev–Trinajstić information content (AvgIpc) is 3.22. The van der Waals surface area contributed by atoms with E-state index in [1.54, 1.807) is 0 Å². The Hall–Kier alpha value is -1.75.